The number of anilines is 2. The third-order valence-corrected chi connectivity index (χ3v) is 4.99. The molecule has 1 aromatic carbocycles. The molecular formula is C17H14N4OS2. The first kappa shape index (κ1) is 16.2. The van der Waals surface area contributed by atoms with Gasteiger partial charge in [-0.05, 0) is 43.3 Å². The van der Waals surface area contributed by atoms with Crippen LogP contribution < -0.4 is 10.6 Å². The number of rotatable bonds is 5. The number of thiazole rings is 1. The Kier molecular flexibility index (Phi) is 4.89. The molecule has 0 aliphatic rings. The quantitative estimate of drug-likeness (QED) is 0.723. The third-order valence-electron chi connectivity index (χ3n) is 3.21. The van der Waals surface area contributed by atoms with E-state index in [-0.39, 0.29) is 12.5 Å². The van der Waals surface area contributed by atoms with E-state index >= 15 is 0 Å². The summed E-state index contributed by atoms with van der Waals surface area (Å²) in [5.41, 5.74) is 2.26. The van der Waals surface area contributed by atoms with E-state index in [1.165, 1.54) is 16.2 Å². The molecule has 3 rings (SSSR count). The molecule has 1 amide bonds. The number of hydrogen-bond acceptors (Lipinski definition) is 6. The lowest BCUT2D eigenvalue weighted by Gasteiger charge is -2.05. The van der Waals surface area contributed by atoms with E-state index in [1.54, 1.807) is 35.6 Å². The maximum Gasteiger partial charge on any atom is 0.245 e. The van der Waals surface area contributed by atoms with Crippen LogP contribution in [-0.4, -0.2) is 17.4 Å². The van der Waals surface area contributed by atoms with Crippen LogP contribution in [0.15, 0.2) is 41.8 Å². The molecule has 0 aliphatic heterocycles. The first-order chi connectivity index (χ1) is 11.6. The van der Waals surface area contributed by atoms with Crippen molar-refractivity contribution in [2.24, 2.45) is 0 Å². The minimum absolute atomic E-state index is 0.138. The summed E-state index contributed by atoms with van der Waals surface area (Å²) in [6.45, 7) is 2.19. The van der Waals surface area contributed by atoms with Gasteiger partial charge >= 0.3 is 0 Å². The van der Waals surface area contributed by atoms with Crippen molar-refractivity contribution < 1.29 is 4.79 Å². The van der Waals surface area contributed by atoms with Gasteiger partial charge in [-0.15, -0.1) is 22.7 Å². The van der Waals surface area contributed by atoms with Crippen molar-refractivity contribution >= 4 is 39.4 Å². The second-order valence-corrected chi connectivity index (χ2v) is 7.19. The van der Waals surface area contributed by atoms with Crippen LogP contribution in [0.25, 0.3) is 10.6 Å². The average molecular weight is 354 g/mol. The summed E-state index contributed by atoms with van der Waals surface area (Å²) in [7, 11) is 0. The fourth-order valence-electron chi connectivity index (χ4n) is 2.02. The molecule has 0 saturated heterocycles. The van der Waals surface area contributed by atoms with Crippen LogP contribution in [0.3, 0.4) is 0 Å². The first-order valence-corrected chi connectivity index (χ1v) is 8.90. The Morgan fingerprint density at radius 2 is 2.04 bits per heavy atom. The van der Waals surface area contributed by atoms with Crippen LogP contribution in [0.2, 0.25) is 0 Å². The zero-order valence-electron chi connectivity index (χ0n) is 12.9. The highest BCUT2D eigenvalue weighted by atomic mass is 32.1. The summed E-state index contributed by atoms with van der Waals surface area (Å²) in [5.74, 6) is -0.164. The highest BCUT2D eigenvalue weighted by molar-refractivity contribution is 7.17. The summed E-state index contributed by atoms with van der Waals surface area (Å²) in [6, 6.07) is 13.1. The number of aromatic nitrogens is 1. The second kappa shape index (κ2) is 7.25. The van der Waals surface area contributed by atoms with Gasteiger partial charge in [-0.2, -0.15) is 5.26 Å². The van der Waals surface area contributed by atoms with Crippen molar-refractivity contribution in [1.82, 2.24) is 4.98 Å². The maximum atomic E-state index is 12.0. The van der Waals surface area contributed by atoms with Crippen molar-refractivity contribution in [3.63, 3.8) is 0 Å². The molecule has 0 saturated carbocycles. The molecule has 2 heterocycles. The Balaban J connectivity index is 1.55. The average Bonchev–Trinajstić information content (AvgIpc) is 3.22. The van der Waals surface area contributed by atoms with Crippen LogP contribution in [0.4, 0.5) is 10.8 Å². The number of nitrogens with zero attached hydrogens (tertiary/aromatic N) is 2. The highest BCUT2D eigenvalue weighted by Crippen LogP contribution is 2.30. The fourth-order valence-corrected chi connectivity index (χ4v) is 3.65. The Morgan fingerprint density at radius 1 is 1.25 bits per heavy atom. The van der Waals surface area contributed by atoms with Gasteiger partial charge in [-0.3, -0.25) is 4.79 Å². The van der Waals surface area contributed by atoms with Gasteiger partial charge in [0, 0.05) is 15.9 Å². The monoisotopic (exact) mass is 354 g/mol. The van der Waals surface area contributed by atoms with Gasteiger partial charge in [-0.25, -0.2) is 4.98 Å². The lowest BCUT2D eigenvalue weighted by atomic mass is 10.2. The van der Waals surface area contributed by atoms with Crippen molar-refractivity contribution in [2.45, 2.75) is 6.92 Å². The van der Waals surface area contributed by atoms with Crippen LogP contribution in [0.5, 0.6) is 0 Å². The first-order valence-electron chi connectivity index (χ1n) is 7.20. The van der Waals surface area contributed by atoms with E-state index in [2.05, 4.69) is 34.7 Å². The molecule has 2 aromatic heterocycles. The Morgan fingerprint density at radius 3 is 2.71 bits per heavy atom. The fraction of sp³-hybridized carbons (Fsp3) is 0.118. The summed E-state index contributed by atoms with van der Waals surface area (Å²) >= 11 is 3.09. The van der Waals surface area contributed by atoms with E-state index in [0.717, 1.165) is 16.3 Å². The smallest absolute Gasteiger partial charge is 0.245 e. The normalized spacial score (nSPS) is 10.2. The Hall–Kier alpha value is -2.69. The number of carbonyl (C=O) groups is 1. The molecule has 3 aromatic rings. The number of thiophene rings is 1. The van der Waals surface area contributed by atoms with E-state index < -0.39 is 0 Å². The molecule has 2 N–H and O–H groups in total. The van der Waals surface area contributed by atoms with Crippen molar-refractivity contribution in [2.75, 3.05) is 17.2 Å². The number of amides is 1. The molecule has 0 bridgehead atoms. The number of nitriles is 1. The molecule has 0 radical (unpaired) electrons. The van der Waals surface area contributed by atoms with E-state index in [0.29, 0.717) is 10.7 Å². The van der Waals surface area contributed by atoms with Crippen LogP contribution in [0, 0.1) is 18.3 Å². The predicted octanol–water partition coefficient (Wildman–Crippen LogP) is 4.10. The molecular weight excluding hydrogens is 340 g/mol. The zero-order chi connectivity index (χ0) is 16.9. The molecule has 0 spiro atoms. The van der Waals surface area contributed by atoms with E-state index in [4.69, 9.17) is 5.26 Å². The van der Waals surface area contributed by atoms with Crippen molar-refractivity contribution in [3.05, 3.63) is 52.2 Å². The molecule has 120 valence electrons. The van der Waals surface area contributed by atoms with Gasteiger partial charge < -0.3 is 10.6 Å². The van der Waals surface area contributed by atoms with Gasteiger partial charge in [0.05, 0.1) is 28.7 Å². The highest BCUT2D eigenvalue weighted by Gasteiger charge is 2.09. The van der Waals surface area contributed by atoms with Crippen LogP contribution >= 0.6 is 22.7 Å². The molecule has 7 heteroatoms. The van der Waals surface area contributed by atoms with E-state index in [1.807, 2.05) is 11.4 Å². The summed E-state index contributed by atoms with van der Waals surface area (Å²) < 4.78 is 0. The summed E-state index contributed by atoms with van der Waals surface area (Å²) in [6.07, 6.45) is 0. The van der Waals surface area contributed by atoms with Gasteiger partial charge in [0.1, 0.15) is 0 Å². The SMILES string of the molecule is Cc1ccc(-c2csc(NC(=O)CNc3ccc(C#N)cc3)n2)s1. The number of aryl methyl sites for hydroxylation is 1. The maximum absolute atomic E-state index is 12.0. The number of nitrogens with one attached hydrogen (secondary N) is 2. The summed E-state index contributed by atoms with van der Waals surface area (Å²) in [4.78, 5) is 18.8. The number of benzene rings is 1. The van der Waals surface area contributed by atoms with Gasteiger partial charge in [0.15, 0.2) is 5.13 Å². The minimum Gasteiger partial charge on any atom is -0.376 e. The molecule has 0 atom stereocenters. The van der Waals surface area contributed by atoms with Crippen molar-refractivity contribution in [3.8, 4) is 16.6 Å². The lowest BCUT2D eigenvalue weighted by molar-refractivity contribution is -0.114. The Bertz CT molecular complexity index is 890. The largest absolute Gasteiger partial charge is 0.376 e. The number of carbonyl (C=O) groups excluding carboxylic acids is 1. The van der Waals surface area contributed by atoms with Gasteiger partial charge in [-0.1, -0.05) is 0 Å². The third kappa shape index (κ3) is 3.98. The van der Waals surface area contributed by atoms with Crippen LogP contribution in [0.1, 0.15) is 10.4 Å². The minimum atomic E-state index is -0.164. The second-order valence-electron chi connectivity index (χ2n) is 5.04. The predicted molar refractivity (Wildman–Crippen MR) is 98.4 cm³/mol. The Labute approximate surface area is 147 Å². The van der Waals surface area contributed by atoms with Gasteiger partial charge in [0.2, 0.25) is 5.91 Å². The molecule has 0 unspecified atom stereocenters. The molecule has 0 aliphatic carbocycles. The van der Waals surface area contributed by atoms with Crippen LogP contribution in [-0.2, 0) is 4.79 Å². The molecule has 24 heavy (non-hydrogen) atoms. The standard InChI is InChI=1S/C17H14N4OS2/c1-11-2-7-15(24-11)14-10-23-17(20-14)21-16(22)9-19-13-5-3-12(8-18)4-6-13/h2-7,10,19H,9H2,1H3,(H,20,21,22). The van der Waals surface area contributed by atoms with E-state index in [9.17, 15) is 4.79 Å². The van der Waals surface area contributed by atoms with Gasteiger partial charge in [0.25, 0.3) is 0 Å². The topological polar surface area (TPSA) is 77.8 Å². The lowest BCUT2D eigenvalue weighted by Crippen LogP contribution is -2.21. The zero-order valence-corrected chi connectivity index (χ0v) is 14.5. The number of hydrogen-bond donors (Lipinski definition) is 2. The summed E-state index contributed by atoms with van der Waals surface area (Å²) in [5, 5.41) is 17.1. The molecule has 0 fully saturated rings. The van der Waals surface area contributed by atoms with Crippen molar-refractivity contribution in [1.29, 1.82) is 5.26 Å². The molecule has 5 nitrogen and oxygen atoms in total.